The van der Waals surface area contributed by atoms with Gasteiger partial charge in [-0.2, -0.15) is 4.98 Å². The zero-order valence-electron chi connectivity index (χ0n) is 15.1. The molecule has 1 amide bonds. The fourth-order valence-electron chi connectivity index (χ4n) is 3.97. The number of aromatic nitrogens is 2. The van der Waals surface area contributed by atoms with E-state index in [1.54, 1.807) is 11.3 Å². The van der Waals surface area contributed by atoms with Crippen molar-refractivity contribution < 1.29 is 9.32 Å². The van der Waals surface area contributed by atoms with Gasteiger partial charge in [0.25, 0.3) is 0 Å². The Labute approximate surface area is 158 Å². The van der Waals surface area contributed by atoms with Gasteiger partial charge in [0.05, 0.1) is 17.3 Å². The first-order valence-electron chi connectivity index (χ1n) is 9.67. The molecule has 26 heavy (non-hydrogen) atoms. The number of carbonyl (C=O) groups excluding carboxylic acids is 1. The lowest BCUT2D eigenvalue weighted by atomic mass is 9.96. The van der Waals surface area contributed by atoms with E-state index < -0.39 is 0 Å². The summed E-state index contributed by atoms with van der Waals surface area (Å²) in [7, 11) is 0. The molecule has 7 heteroatoms. The largest absolute Gasteiger partial charge is 0.342 e. The van der Waals surface area contributed by atoms with Crippen molar-refractivity contribution in [2.45, 2.75) is 45.1 Å². The lowest BCUT2D eigenvalue weighted by Crippen LogP contribution is -2.44. The fourth-order valence-corrected chi connectivity index (χ4v) is 4.62. The van der Waals surface area contributed by atoms with Gasteiger partial charge in [-0.25, -0.2) is 0 Å². The van der Waals surface area contributed by atoms with Gasteiger partial charge in [0.1, 0.15) is 0 Å². The molecule has 0 aromatic carbocycles. The third kappa shape index (κ3) is 4.15. The lowest BCUT2D eigenvalue weighted by molar-refractivity contribution is -0.137. The van der Waals surface area contributed by atoms with E-state index in [1.165, 1.54) is 12.8 Å². The van der Waals surface area contributed by atoms with Gasteiger partial charge in [-0.1, -0.05) is 24.1 Å². The second-order valence-electron chi connectivity index (χ2n) is 7.30. The summed E-state index contributed by atoms with van der Waals surface area (Å²) in [5.74, 6) is 1.75. The molecule has 0 saturated carbocycles. The Bertz CT molecular complexity index is 707. The molecular formula is C19H26N4O2S. The molecule has 2 aliphatic heterocycles. The lowest BCUT2D eigenvalue weighted by Gasteiger charge is -2.34. The van der Waals surface area contributed by atoms with Crippen LogP contribution in [0.1, 0.15) is 44.4 Å². The molecule has 4 rings (SSSR count). The fraction of sp³-hybridized carbons (Fsp3) is 0.632. The minimum absolute atomic E-state index is 0.113. The Hall–Kier alpha value is -1.73. The summed E-state index contributed by atoms with van der Waals surface area (Å²) in [5, 5.41) is 6.09. The first kappa shape index (κ1) is 17.7. The molecule has 2 saturated heterocycles. The first-order valence-corrected chi connectivity index (χ1v) is 10.5. The predicted molar refractivity (Wildman–Crippen MR) is 101 cm³/mol. The van der Waals surface area contributed by atoms with Crippen LogP contribution in [0.4, 0.5) is 0 Å². The normalized spacial score (nSPS) is 22.3. The highest BCUT2D eigenvalue weighted by Crippen LogP contribution is 2.24. The highest BCUT2D eigenvalue weighted by atomic mass is 32.1. The van der Waals surface area contributed by atoms with Crippen LogP contribution < -0.4 is 0 Å². The number of amides is 1. The summed E-state index contributed by atoms with van der Waals surface area (Å²) in [6, 6.07) is 3.98. The molecule has 2 fully saturated rings. The number of nitrogens with zero attached hydrogens (tertiary/aromatic N) is 4. The first-order chi connectivity index (χ1) is 12.8. The van der Waals surface area contributed by atoms with E-state index in [-0.39, 0.29) is 5.92 Å². The van der Waals surface area contributed by atoms with Crippen molar-refractivity contribution in [3.05, 3.63) is 23.4 Å². The molecule has 2 aliphatic rings. The summed E-state index contributed by atoms with van der Waals surface area (Å²) < 4.78 is 5.43. The van der Waals surface area contributed by atoms with Crippen molar-refractivity contribution in [3.8, 4) is 10.7 Å². The molecule has 6 nitrogen and oxygen atoms in total. The van der Waals surface area contributed by atoms with Gasteiger partial charge < -0.3 is 9.42 Å². The van der Waals surface area contributed by atoms with E-state index >= 15 is 0 Å². The van der Waals surface area contributed by atoms with E-state index in [1.807, 2.05) is 17.5 Å². The zero-order chi connectivity index (χ0) is 17.8. The number of thiophene rings is 1. The molecule has 0 radical (unpaired) electrons. The van der Waals surface area contributed by atoms with E-state index in [0.717, 1.165) is 56.7 Å². The smallest absolute Gasteiger partial charge is 0.241 e. The van der Waals surface area contributed by atoms with Crippen molar-refractivity contribution in [1.82, 2.24) is 19.9 Å². The minimum Gasteiger partial charge on any atom is -0.342 e. The molecule has 2 aromatic rings. The van der Waals surface area contributed by atoms with Crippen LogP contribution in [0.2, 0.25) is 0 Å². The van der Waals surface area contributed by atoms with Crippen LogP contribution in [-0.4, -0.2) is 52.0 Å². The van der Waals surface area contributed by atoms with Crippen LogP contribution in [0.15, 0.2) is 22.0 Å². The third-order valence-corrected chi connectivity index (χ3v) is 6.21. The maximum atomic E-state index is 12.9. The summed E-state index contributed by atoms with van der Waals surface area (Å²) in [6.45, 7) is 4.28. The SMILES string of the molecule is O=C(C1CCCN(Cc2nc(-c3cccs3)no2)C1)N1CCCCCC1. The Morgan fingerprint density at radius 3 is 2.81 bits per heavy atom. The van der Waals surface area contributed by atoms with E-state index in [9.17, 15) is 4.79 Å². The third-order valence-electron chi connectivity index (χ3n) is 5.34. The van der Waals surface area contributed by atoms with Gasteiger partial charge in [0, 0.05) is 19.6 Å². The van der Waals surface area contributed by atoms with Gasteiger partial charge in [-0.3, -0.25) is 9.69 Å². The summed E-state index contributed by atoms with van der Waals surface area (Å²) in [4.78, 5) is 22.8. The molecule has 0 aliphatic carbocycles. The average Bonchev–Trinajstić information content (AvgIpc) is 3.28. The van der Waals surface area contributed by atoms with Crippen LogP contribution in [-0.2, 0) is 11.3 Å². The molecule has 0 N–H and O–H groups in total. The number of piperidine rings is 1. The van der Waals surface area contributed by atoms with Crippen LogP contribution in [0.5, 0.6) is 0 Å². The number of rotatable bonds is 4. The Kier molecular flexibility index (Phi) is 5.65. The molecule has 1 atom stereocenters. The number of likely N-dealkylation sites (tertiary alicyclic amines) is 2. The van der Waals surface area contributed by atoms with E-state index in [4.69, 9.17) is 4.52 Å². The van der Waals surface area contributed by atoms with Gasteiger partial charge >= 0.3 is 0 Å². The van der Waals surface area contributed by atoms with Crippen molar-refractivity contribution >= 4 is 17.2 Å². The maximum absolute atomic E-state index is 12.9. The zero-order valence-corrected chi connectivity index (χ0v) is 15.9. The second kappa shape index (κ2) is 8.31. The Morgan fingerprint density at radius 1 is 1.19 bits per heavy atom. The highest BCUT2D eigenvalue weighted by molar-refractivity contribution is 7.13. The summed E-state index contributed by atoms with van der Waals surface area (Å²) in [5.41, 5.74) is 0. The quantitative estimate of drug-likeness (QED) is 0.821. The number of hydrogen-bond donors (Lipinski definition) is 0. The maximum Gasteiger partial charge on any atom is 0.241 e. The Balaban J connectivity index is 1.35. The minimum atomic E-state index is 0.113. The van der Waals surface area contributed by atoms with Crippen molar-refractivity contribution in [2.75, 3.05) is 26.2 Å². The van der Waals surface area contributed by atoms with Crippen LogP contribution in [0, 0.1) is 5.92 Å². The van der Waals surface area contributed by atoms with Crippen LogP contribution in [0.3, 0.4) is 0 Å². The molecular weight excluding hydrogens is 348 g/mol. The monoisotopic (exact) mass is 374 g/mol. The number of carbonyl (C=O) groups is 1. The van der Waals surface area contributed by atoms with Crippen molar-refractivity contribution in [1.29, 1.82) is 0 Å². The Morgan fingerprint density at radius 2 is 2.04 bits per heavy atom. The van der Waals surface area contributed by atoms with Gasteiger partial charge in [0.2, 0.25) is 17.6 Å². The van der Waals surface area contributed by atoms with Gasteiger partial charge in [0.15, 0.2) is 0 Å². The topological polar surface area (TPSA) is 62.5 Å². The summed E-state index contributed by atoms with van der Waals surface area (Å²) >= 11 is 1.61. The summed E-state index contributed by atoms with van der Waals surface area (Å²) in [6.07, 6.45) is 6.85. The molecule has 0 spiro atoms. The molecule has 4 heterocycles. The highest BCUT2D eigenvalue weighted by Gasteiger charge is 2.30. The molecule has 140 valence electrons. The molecule has 1 unspecified atom stereocenters. The van der Waals surface area contributed by atoms with Gasteiger partial charge in [-0.05, 0) is 43.7 Å². The molecule has 2 aromatic heterocycles. The average molecular weight is 375 g/mol. The number of hydrogen-bond acceptors (Lipinski definition) is 6. The standard InChI is InChI=1S/C19H26N4O2S/c24-19(23-10-3-1-2-4-11-23)15-7-5-9-22(13-15)14-17-20-18(21-25-17)16-8-6-12-26-16/h6,8,12,15H,1-5,7,9-11,13-14H2. The van der Waals surface area contributed by atoms with Crippen molar-refractivity contribution in [2.24, 2.45) is 5.92 Å². The van der Waals surface area contributed by atoms with Crippen LogP contribution in [0.25, 0.3) is 10.7 Å². The predicted octanol–water partition coefficient (Wildman–Crippen LogP) is 3.41. The molecule has 0 bridgehead atoms. The van der Waals surface area contributed by atoms with Crippen molar-refractivity contribution in [3.63, 3.8) is 0 Å². The second-order valence-corrected chi connectivity index (χ2v) is 8.25. The van der Waals surface area contributed by atoms with Crippen LogP contribution >= 0.6 is 11.3 Å². The van der Waals surface area contributed by atoms with E-state index in [0.29, 0.717) is 24.2 Å². The van der Waals surface area contributed by atoms with Gasteiger partial charge in [-0.15, -0.1) is 11.3 Å². The van der Waals surface area contributed by atoms with E-state index in [2.05, 4.69) is 19.9 Å².